The number of benzene rings is 2. The minimum Gasteiger partial charge on any atom is -0.493 e. The normalized spacial score (nSPS) is 10.5. The van der Waals surface area contributed by atoms with Crippen LogP contribution < -0.4 is 10.1 Å². The van der Waals surface area contributed by atoms with Gasteiger partial charge in [0.1, 0.15) is 5.75 Å². The van der Waals surface area contributed by atoms with Crippen LogP contribution in [0.4, 0.5) is 0 Å². The molecule has 0 aromatic heterocycles. The standard InChI is InChI=1S/C17H21NO/c1-4-19-17-8-6-5-7-15(17)16-11-14(12-18-3)10-9-13(16)2/h5-11,18H,4,12H2,1-3H3. The lowest BCUT2D eigenvalue weighted by molar-refractivity contribution is 0.341. The minimum absolute atomic E-state index is 0.687. The summed E-state index contributed by atoms with van der Waals surface area (Å²) in [5.41, 5.74) is 4.97. The molecular formula is C17H21NO. The van der Waals surface area contributed by atoms with Gasteiger partial charge in [-0.05, 0) is 49.7 Å². The van der Waals surface area contributed by atoms with E-state index in [4.69, 9.17) is 4.74 Å². The molecule has 0 unspecified atom stereocenters. The van der Waals surface area contributed by atoms with Gasteiger partial charge >= 0.3 is 0 Å². The molecule has 0 aliphatic carbocycles. The second-order valence-electron chi connectivity index (χ2n) is 4.61. The minimum atomic E-state index is 0.687. The molecule has 2 heteroatoms. The molecule has 0 saturated heterocycles. The van der Waals surface area contributed by atoms with E-state index in [1.165, 1.54) is 22.3 Å². The Kier molecular flexibility index (Phi) is 4.58. The fraction of sp³-hybridized carbons (Fsp3) is 0.294. The van der Waals surface area contributed by atoms with Crippen molar-refractivity contribution in [1.29, 1.82) is 0 Å². The van der Waals surface area contributed by atoms with E-state index in [2.05, 4.69) is 42.6 Å². The summed E-state index contributed by atoms with van der Waals surface area (Å²) < 4.78 is 5.73. The molecule has 100 valence electrons. The highest BCUT2D eigenvalue weighted by Crippen LogP contribution is 2.32. The number of para-hydroxylation sites is 1. The molecule has 0 bridgehead atoms. The van der Waals surface area contributed by atoms with E-state index in [0.717, 1.165) is 12.3 Å². The van der Waals surface area contributed by atoms with Crippen LogP contribution in [0.15, 0.2) is 42.5 Å². The lowest BCUT2D eigenvalue weighted by Gasteiger charge is -2.13. The Hall–Kier alpha value is -1.80. The summed E-state index contributed by atoms with van der Waals surface area (Å²) >= 11 is 0. The van der Waals surface area contributed by atoms with E-state index in [1.54, 1.807) is 0 Å². The Labute approximate surface area is 115 Å². The summed E-state index contributed by atoms with van der Waals surface area (Å²) in [4.78, 5) is 0. The summed E-state index contributed by atoms with van der Waals surface area (Å²) in [5, 5.41) is 3.19. The second-order valence-corrected chi connectivity index (χ2v) is 4.61. The molecule has 0 radical (unpaired) electrons. The quantitative estimate of drug-likeness (QED) is 0.878. The molecule has 2 rings (SSSR count). The zero-order chi connectivity index (χ0) is 13.7. The third-order valence-corrected chi connectivity index (χ3v) is 3.16. The van der Waals surface area contributed by atoms with Gasteiger partial charge in [0.25, 0.3) is 0 Å². The number of hydrogen-bond donors (Lipinski definition) is 1. The van der Waals surface area contributed by atoms with E-state index in [9.17, 15) is 0 Å². The molecule has 0 aliphatic rings. The van der Waals surface area contributed by atoms with Gasteiger partial charge in [-0.1, -0.05) is 30.3 Å². The fourth-order valence-electron chi connectivity index (χ4n) is 2.24. The number of nitrogens with one attached hydrogen (secondary N) is 1. The Bertz CT molecular complexity index is 549. The predicted octanol–water partition coefficient (Wildman–Crippen LogP) is 3.78. The molecular weight excluding hydrogens is 234 g/mol. The number of rotatable bonds is 5. The van der Waals surface area contributed by atoms with Crippen LogP contribution in [0.2, 0.25) is 0 Å². The van der Waals surface area contributed by atoms with Crippen molar-refractivity contribution in [3.05, 3.63) is 53.6 Å². The van der Waals surface area contributed by atoms with E-state index < -0.39 is 0 Å². The Morgan fingerprint density at radius 3 is 2.58 bits per heavy atom. The molecule has 0 heterocycles. The maximum atomic E-state index is 5.73. The predicted molar refractivity (Wildman–Crippen MR) is 80.5 cm³/mol. The highest BCUT2D eigenvalue weighted by molar-refractivity contribution is 5.73. The van der Waals surface area contributed by atoms with Crippen LogP contribution in [-0.2, 0) is 6.54 Å². The largest absolute Gasteiger partial charge is 0.493 e. The average molecular weight is 255 g/mol. The van der Waals surface area contributed by atoms with Crippen molar-refractivity contribution in [3.8, 4) is 16.9 Å². The Morgan fingerprint density at radius 1 is 1.05 bits per heavy atom. The summed E-state index contributed by atoms with van der Waals surface area (Å²) in [7, 11) is 1.97. The fourth-order valence-corrected chi connectivity index (χ4v) is 2.24. The monoisotopic (exact) mass is 255 g/mol. The van der Waals surface area contributed by atoms with Crippen LogP contribution in [-0.4, -0.2) is 13.7 Å². The van der Waals surface area contributed by atoms with Crippen molar-refractivity contribution in [2.75, 3.05) is 13.7 Å². The van der Waals surface area contributed by atoms with Crippen molar-refractivity contribution in [2.45, 2.75) is 20.4 Å². The molecule has 2 nitrogen and oxygen atoms in total. The molecule has 0 fully saturated rings. The molecule has 1 N–H and O–H groups in total. The van der Waals surface area contributed by atoms with Crippen molar-refractivity contribution in [3.63, 3.8) is 0 Å². The van der Waals surface area contributed by atoms with Crippen LogP contribution in [0.25, 0.3) is 11.1 Å². The summed E-state index contributed by atoms with van der Waals surface area (Å²) in [6, 6.07) is 14.8. The van der Waals surface area contributed by atoms with Gasteiger partial charge in [-0.2, -0.15) is 0 Å². The van der Waals surface area contributed by atoms with Gasteiger partial charge in [0.15, 0.2) is 0 Å². The third kappa shape index (κ3) is 3.15. The molecule has 0 aliphatic heterocycles. The van der Waals surface area contributed by atoms with Gasteiger partial charge in [-0.25, -0.2) is 0 Å². The summed E-state index contributed by atoms with van der Waals surface area (Å²) in [5.74, 6) is 0.953. The highest BCUT2D eigenvalue weighted by atomic mass is 16.5. The van der Waals surface area contributed by atoms with Crippen molar-refractivity contribution < 1.29 is 4.74 Å². The molecule has 2 aromatic rings. The lowest BCUT2D eigenvalue weighted by atomic mass is 9.97. The third-order valence-electron chi connectivity index (χ3n) is 3.16. The first kappa shape index (κ1) is 13.6. The van der Waals surface area contributed by atoms with Crippen molar-refractivity contribution >= 4 is 0 Å². The Balaban J connectivity index is 2.48. The molecule has 0 amide bonds. The molecule has 0 spiro atoms. The van der Waals surface area contributed by atoms with E-state index >= 15 is 0 Å². The zero-order valence-corrected chi connectivity index (χ0v) is 11.9. The summed E-state index contributed by atoms with van der Waals surface area (Å²) in [6.07, 6.45) is 0. The first-order valence-electron chi connectivity index (χ1n) is 6.72. The molecule has 0 atom stereocenters. The SMILES string of the molecule is CCOc1ccccc1-c1cc(CNC)ccc1C. The first-order valence-corrected chi connectivity index (χ1v) is 6.72. The van der Waals surface area contributed by atoms with Gasteiger partial charge in [0.2, 0.25) is 0 Å². The van der Waals surface area contributed by atoms with Crippen molar-refractivity contribution in [1.82, 2.24) is 5.32 Å². The Morgan fingerprint density at radius 2 is 1.84 bits per heavy atom. The van der Waals surface area contributed by atoms with Gasteiger partial charge in [0, 0.05) is 12.1 Å². The molecule has 0 saturated carbocycles. The van der Waals surface area contributed by atoms with Gasteiger partial charge in [-0.15, -0.1) is 0 Å². The molecule has 19 heavy (non-hydrogen) atoms. The van der Waals surface area contributed by atoms with E-state index in [1.807, 2.05) is 26.1 Å². The van der Waals surface area contributed by atoms with Gasteiger partial charge in [0.05, 0.1) is 6.61 Å². The van der Waals surface area contributed by atoms with E-state index in [0.29, 0.717) is 6.61 Å². The van der Waals surface area contributed by atoms with Gasteiger partial charge in [-0.3, -0.25) is 0 Å². The van der Waals surface area contributed by atoms with Gasteiger partial charge < -0.3 is 10.1 Å². The van der Waals surface area contributed by atoms with E-state index in [-0.39, 0.29) is 0 Å². The molecule has 2 aromatic carbocycles. The smallest absolute Gasteiger partial charge is 0.127 e. The number of aryl methyl sites for hydroxylation is 1. The van der Waals surface area contributed by atoms with Crippen LogP contribution >= 0.6 is 0 Å². The summed E-state index contributed by atoms with van der Waals surface area (Å²) in [6.45, 7) is 5.72. The topological polar surface area (TPSA) is 21.3 Å². The maximum absolute atomic E-state index is 5.73. The lowest BCUT2D eigenvalue weighted by Crippen LogP contribution is -2.05. The maximum Gasteiger partial charge on any atom is 0.127 e. The first-order chi connectivity index (χ1) is 9.26. The van der Waals surface area contributed by atoms with Crippen LogP contribution in [0.5, 0.6) is 5.75 Å². The van der Waals surface area contributed by atoms with Crippen LogP contribution in [0.1, 0.15) is 18.1 Å². The number of ether oxygens (including phenoxy) is 1. The zero-order valence-electron chi connectivity index (χ0n) is 11.9. The highest BCUT2D eigenvalue weighted by Gasteiger charge is 2.08. The number of hydrogen-bond acceptors (Lipinski definition) is 2. The van der Waals surface area contributed by atoms with Crippen LogP contribution in [0, 0.1) is 6.92 Å². The van der Waals surface area contributed by atoms with Crippen LogP contribution in [0.3, 0.4) is 0 Å². The average Bonchev–Trinajstić information content (AvgIpc) is 2.42. The van der Waals surface area contributed by atoms with Crippen molar-refractivity contribution in [2.24, 2.45) is 0 Å². The second kappa shape index (κ2) is 6.39.